The van der Waals surface area contributed by atoms with Crippen molar-refractivity contribution in [1.29, 1.82) is 0 Å². The topological polar surface area (TPSA) is 95.9 Å². The Morgan fingerprint density at radius 1 is 1.09 bits per heavy atom. The highest BCUT2D eigenvalue weighted by atomic mass is 16.5. The van der Waals surface area contributed by atoms with Crippen LogP contribution in [-0.2, 0) is 14.3 Å². The third-order valence-electron chi connectivity index (χ3n) is 6.96. The molecule has 1 saturated heterocycles. The van der Waals surface area contributed by atoms with Gasteiger partial charge in [-0.1, -0.05) is 62.4 Å². The maximum atomic E-state index is 13.3. The van der Waals surface area contributed by atoms with E-state index in [-0.39, 0.29) is 37.3 Å². The summed E-state index contributed by atoms with van der Waals surface area (Å²) in [7, 11) is 0. The molecule has 0 bridgehead atoms. The average Bonchev–Trinajstić information content (AvgIpc) is 3.37. The zero-order valence-electron chi connectivity index (χ0n) is 19.7. The van der Waals surface area contributed by atoms with Gasteiger partial charge in [0.05, 0.1) is 0 Å². The highest BCUT2D eigenvalue weighted by Gasteiger charge is 2.36. The molecule has 1 fully saturated rings. The van der Waals surface area contributed by atoms with Crippen LogP contribution in [0.3, 0.4) is 0 Å². The van der Waals surface area contributed by atoms with E-state index in [1.54, 1.807) is 4.90 Å². The molecule has 3 atom stereocenters. The summed E-state index contributed by atoms with van der Waals surface area (Å²) in [6, 6.07) is 15.3. The maximum absolute atomic E-state index is 13.3. The largest absolute Gasteiger partial charge is 0.481 e. The summed E-state index contributed by atoms with van der Waals surface area (Å²) in [5, 5.41) is 11.8. The molecule has 1 aliphatic carbocycles. The molecule has 180 valence electrons. The summed E-state index contributed by atoms with van der Waals surface area (Å²) >= 11 is 0. The lowest BCUT2D eigenvalue weighted by Gasteiger charge is -2.28. The van der Waals surface area contributed by atoms with E-state index in [1.165, 1.54) is 0 Å². The van der Waals surface area contributed by atoms with Gasteiger partial charge >= 0.3 is 12.1 Å². The summed E-state index contributed by atoms with van der Waals surface area (Å²) in [6.07, 6.45) is 0.858. The number of fused-ring (bicyclic) bond motifs is 3. The summed E-state index contributed by atoms with van der Waals surface area (Å²) in [6.45, 7) is 4.89. The number of amides is 2. The number of carbonyl (C=O) groups is 3. The second-order valence-electron chi connectivity index (χ2n) is 9.35. The Balaban J connectivity index is 1.44. The standard InChI is InChI=1S/C27H32N2O5/c1-3-18-14-17(2)15-29(18)26(32)24(12-13-25(30)31)28-27(33)34-16-23-21-10-6-4-8-19(21)20-9-5-7-11-22(20)23/h4-11,17-18,23-24H,3,12-16H2,1-2H3,(H,28,33)(H,30,31). The number of rotatable bonds is 8. The molecule has 4 rings (SSSR count). The third kappa shape index (κ3) is 4.93. The van der Waals surface area contributed by atoms with Crippen molar-refractivity contribution in [2.75, 3.05) is 13.2 Å². The van der Waals surface area contributed by atoms with E-state index in [2.05, 4.69) is 24.4 Å². The van der Waals surface area contributed by atoms with E-state index in [4.69, 9.17) is 9.84 Å². The zero-order chi connectivity index (χ0) is 24.2. The number of carboxylic acids is 1. The minimum atomic E-state index is -1.01. The number of carboxylic acid groups (broad SMARTS) is 1. The molecule has 0 saturated carbocycles. The molecule has 2 aliphatic rings. The third-order valence-corrected chi connectivity index (χ3v) is 6.96. The molecule has 0 spiro atoms. The summed E-state index contributed by atoms with van der Waals surface area (Å²) in [5.41, 5.74) is 4.48. The van der Waals surface area contributed by atoms with Gasteiger partial charge in [0.1, 0.15) is 12.6 Å². The number of alkyl carbamates (subject to hydrolysis) is 1. The second-order valence-corrected chi connectivity index (χ2v) is 9.35. The lowest BCUT2D eigenvalue weighted by atomic mass is 9.98. The van der Waals surface area contributed by atoms with E-state index in [9.17, 15) is 14.4 Å². The average molecular weight is 465 g/mol. The van der Waals surface area contributed by atoms with E-state index >= 15 is 0 Å². The number of ether oxygens (including phenoxy) is 1. The Kier molecular flexibility index (Phi) is 7.20. The molecule has 2 amide bonds. The number of nitrogens with zero attached hydrogens (tertiary/aromatic N) is 1. The fourth-order valence-electron chi connectivity index (χ4n) is 5.32. The molecule has 3 unspecified atom stereocenters. The summed E-state index contributed by atoms with van der Waals surface area (Å²) in [4.78, 5) is 39.0. The van der Waals surface area contributed by atoms with Gasteiger partial charge in [0.2, 0.25) is 5.91 Å². The van der Waals surface area contributed by atoms with Crippen molar-refractivity contribution in [3.8, 4) is 11.1 Å². The number of nitrogens with one attached hydrogen (secondary N) is 1. The van der Waals surface area contributed by atoms with Crippen LogP contribution < -0.4 is 5.32 Å². The van der Waals surface area contributed by atoms with Gasteiger partial charge in [0.15, 0.2) is 0 Å². The number of hydrogen-bond acceptors (Lipinski definition) is 4. The van der Waals surface area contributed by atoms with Gasteiger partial charge in [-0.15, -0.1) is 0 Å². The molecule has 1 heterocycles. The van der Waals surface area contributed by atoms with Gasteiger partial charge in [-0.2, -0.15) is 0 Å². The smallest absolute Gasteiger partial charge is 0.407 e. The van der Waals surface area contributed by atoms with Crippen LogP contribution in [0, 0.1) is 5.92 Å². The monoisotopic (exact) mass is 464 g/mol. The van der Waals surface area contributed by atoms with Crippen LogP contribution in [0.5, 0.6) is 0 Å². The predicted molar refractivity (Wildman–Crippen MR) is 128 cm³/mol. The molecule has 1 aliphatic heterocycles. The highest BCUT2D eigenvalue weighted by molar-refractivity contribution is 5.87. The van der Waals surface area contributed by atoms with Crippen molar-refractivity contribution in [2.45, 2.75) is 57.5 Å². The van der Waals surface area contributed by atoms with Gasteiger partial charge in [-0.3, -0.25) is 9.59 Å². The first-order chi connectivity index (χ1) is 16.4. The first kappa shape index (κ1) is 23.8. The summed E-state index contributed by atoms with van der Waals surface area (Å²) in [5.74, 6) is -0.946. The van der Waals surface area contributed by atoms with Crippen molar-refractivity contribution in [3.63, 3.8) is 0 Å². The Bertz CT molecular complexity index is 1020. The van der Waals surface area contributed by atoms with E-state index < -0.39 is 18.1 Å². The Morgan fingerprint density at radius 2 is 1.71 bits per heavy atom. The van der Waals surface area contributed by atoms with Crippen LogP contribution in [-0.4, -0.2) is 53.2 Å². The van der Waals surface area contributed by atoms with Gasteiger partial charge in [0.25, 0.3) is 0 Å². The molecule has 2 aromatic rings. The van der Waals surface area contributed by atoms with Crippen LogP contribution in [0.25, 0.3) is 11.1 Å². The van der Waals surface area contributed by atoms with Crippen LogP contribution in [0.4, 0.5) is 4.79 Å². The Hall–Kier alpha value is -3.35. The maximum Gasteiger partial charge on any atom is 0.407 e. The van der Waals surface area contributed by atoms with E-state index in [1.807, 2.05) is 43.3 Å². The Labute approximate surface area is 200 Å². The number of benzene rings is 2. The van der Waals surface area contributed by atoms with Crippen molar-refractivity contribution >= 4 is 18.0 Å². The fraction of sp³-hybridized carbons (Fsp3) is 0.444. The first-order valence-electron chi connectivity index (χ1n) is 12.0. The quantitative estimate of drug-likeness (QED) is 0.604. The summed E-state index contributed by atoms with van der Waals surface area (Å²) < 4.78 is 5.60. The fourth-order valence-corrected chi connectivity index (χ4v) is 5.32. The number of likely N-dealkylation sites (tertiary alicyclic amines) is 1. The second kappa shape index (κ2) is 10.3. The van der Waals surface area contributed by atoms with Crippen LogP contribution in [0.2, 0.25) is 0 Å². The molecule has 34 heavy (non-hydrogen) atoms. The minimum absolute atomic E-state index is 0.0275. The van der Waals surface area contributed by atoms with Crippen molar-refractivity contribution < 1.29 is 24.2 Å². The molecule has 0 aromatic heterocycles. The molecule has 0 radical (unpaired) electrons. The number of aliphatic carboxylic acids is 1. The van der Waals surface area contributed by atoms with E-state index in [0.29, 0.717) is 12.5 Å². The molecule has 2 aromatic carbocycles. The van der Waals surface area contributed by atoms with Crippen LogP contribution >= 0.6 is 0 Å². The lowest BCUT2D eigenvalue weighted by Crippen LogP contribution is -2.50. The molecular weight excluding hydrogens is 432 g/mol. The Morgan fingerprint density at radius 3 is 2.29 bits per heavy atom. The minimum Gasteiger partial charge on any atom is -0.481 e. The normalized spacial score (nSPS) is 19.9. The van der Waals surface area contributed by atoms with Gasteiger partial charge < -0.3 is 20.1 Å². The lowest BCUT2D eigenvalue weighted by molar-refractivity contribution is -0.138. The van der Waals surface area contributed by atoms with Gasteiger partial charge in [0, 0.05) is 24.9 Å². The van der Waals surface area contributed by atoms with Crippen LogP contribution in [0.15, 0.2) is 48.5 Å². The van der Waals surface area contributed by atoms with Gasteiger partial charge in [-0.25, -0.2) is 4.79 Å². The van der Waals surface area contributed by atoms with Crippen molar-refractivity contribution in [3.05, 3.63) is 59.7 Å². The van der Waals surface area contributed by atoms with E-state index in [0.717, 1.165) is 35.1 Å². The van der Waals surface area contributed by atoms with Gasteiger partial charge in [-0.05, 0) is 47.4 Å². The zero-order valence-corrected chi connectivity index (χ0v) is 19.7. The molecule has 7 heteroatoms. The van der Waals surface area contributed by atoms with Crippen molar-refractivity contribution in [1.82, 2.24) is 10.2 Å². The highest BCUT2D eigenvalue weighted by Crippen LogP contribution is 2.44. The van der Waals surface area contributed by atoms with Crippen molar-refractivity contribution in [2.24, 2.45) is 5.92 Å². The van der Waals surface area contributed by atoms with Crippen LogP contribution in [0.1, 0.15) is 56.6 Å². The SMILES string of the molecule is CCC1CC(C)CN1C(=O)C(CCC(=O)O)NC(=O)OCC1c2ccccc2-c2ccccc21. The number of carbonyl (C=O) groups excluding carboxylic acids is 2. The number of hydrogen-bond donors (Lipinski definition) is 2. The molecule has 7 nitrogen and oxygen atoms in total. The molecular formula is C27H32N2O5. The molecule has 2 N–H and O–H groups in total. The first-order valence-corrected chi connectivity index (χ1v) is 12.0. The predicted octanol–water partition coefficient (Wildman–Crippen LogP) is 4.41.